The van der Waals surface area contributed by atoms with Gasteiger partial charge in [-0.2, -0.15) is 0 Å². The number of carbonyl (C=O) groups excluding carboxylic acids is 2. The van der Waals surface area contributed by atoms with E-state index < -0.39 is 11.9 Å². The zero-order valence-corrected chi connectivity index (χ0v) is 11.6. The quantitative estimate of drug-likeness (QED) is 0.335. The lowest BCUT2D eigenvalue weighted by Crippen LogP contribution is -2.09. The molecule has 0 aromatic rings. The summed E-state index contributed by atoms with van der Waals surface area (Å²) in [5.41, 5.74) is 0. The minimum Gasteiger partial charge on any atom is -0.481 e. The molecular weight excluding hydrogens is 264 g/mol. The highest BCUT2D eigenvalue weighted by Gasteiger charge is 2.03. The summed E-state index contributed by atoms with van der Waals surface area (Å²) in [6.07, 6.45) is 5.01. The van der Waals surface area contributed by atoms with E-state index in [-0.39, 0.29) is 25.6 Å². The summed E-state index contributed by atoms with van der Waals surface area (Å²) in [6, 6.07) is 0. The molecule has 0 radical (unpaired) electrons. The molecule has 0 aromatic heterocycles. The number of rotatable bonds is 12. The van der Waals surface area contributed by atoms with Crippen LogP contribution in [-0.4, -0.2) is 36.2 Å². The topological polar surface area (TPSA) is 89.9 Å². The summed E-state index contributed by atoms with van der Waals surface area (Å²) in [6.45, 7) is 3.69. The molecule has 0 bridgehead atoms. The molecule has 0 atom stereocenters. The first-order valence-corrected chi connectivity index (χ1v) is 6.73. The number of carbonyl (C=O) groups is 3. The molecule has 114 valence electrons. The maximum Gasteiger partial charge on any atom is 0.330 e. The first-order valence-electron chi connectivity index (χ1n) is 6.73. The second kappa shape index (κ2) is 12.2. The van der Waals surface area contributed by atoms with Gasteiger partial charge in [0.2, 0.25) is 0 Å². The second-order valence-corrected chi connectivity index (χ2v) is 4.25. The minimum absolute atomic E-state index is 0.174. The number of aliphatic carboxylic acids is 1. The molecule has 0 heterocycles. The number of carboxylic acid groups (broad SMARTS) is 1. The Bertz CT molecular complexity index is 324. The van der Waals surface area contributed by atoms with Gasteiger partial charge in [0.05, 0.1) is 13.2 Å². The predicted molar refractivity (Wildman–Crippen MR) is 72.1 cm³/mol. The lowest BCUT2D eigenvalue weighted by atomic mass is 10.1. The van der Waals surface area contributed by atoms with Crippen molar-refractivity contribution in [1.29, 1.82) is 0 Å². The second-order valence-electron chi connectivity index (χ2n) is 4.25. The molecule has 0 saturated heterocycles. The Morgan fingerprint density at radius 2 is 1.50 bits per heavy atom. The summed E-state index contributed by atoms with van der Waals surface area (Å²) < 4.78 is 9.67. The van der Waals surface area contributed by atoms with E-state index in [1.54, 1.807) is 0 Å². The lowest BCUT2D eigenvalue weighted by molar-refractivity contribution is -0.145. The van der Waals surface area contributed by atoms with E-state index in [0.29, 0.717) is 25.7 Å². The summed E-state index contributed by atoms with van der Waals surface area (Å²) >= 11 is 0. The van der Waals surface area contributed by atoms with Gasteiger partial charge in [-0.3, -0.25) is 9.59 Å². The Labute approximate surface area is 118 Å². The maximum absolute atomic E-state index is 11.3. The van der Waals surface area contributed by atoms with Crippen LogP contribution in [0.25, 0.3) is 0 Å². The predicted octanol–water partition coefficient (Wildman–Crippen LogP) is 2.07. The van der Waals surface area contributed by atoms with E-state index in [9.17, 15) is 14.4 Å². The smallest absolute Gasteiger partial charge is 0.330 e. The Balaban J connectivity index is 3.31. The molecule has 0 aliphatic rings. The van der Waals surface area contributed by atoms with Gasteiger partial charge in [0.15, 0.2) is 0 Å². The van der Waals surface area contributed by atoms with E-state index in [1.807, 2.05) is 0 Å². The van der Waals surface area contributed by atoms with Crippen LogP contribution in [0.3, 0.4) is 0 Å². The third-order valence-corrected chi connectivity index (χ3v) is 2.48. The molecule has 0 aliphatic heterocycles. The van der Waals surface area contributed by atoms with Crippen LogP contribution in [0.2, 0.25) is 0 Å². The summed E-state index contributed by atoms with van der Waals surface area (Å²) in [5.74, 6) is -1.56. The Kier molecular flexibility index (Phi) is 11.1. The fraction of sp³-hybridized carbons (Fsp3) is 0.643. The van der Waals surface area contributed by atoms with Crippen LogP contribution in [0.4, 0.5) is 0 Å². The SMILES string of the molecule is C=CC(=O)OCCCOC(=O)CCCCCCC(=O)O. The molecular formula is C14H22O6. The van der Waals surface area contributed by atoms with Gasteiger partial charge in [-0.25, -0.2) is 4.79 Å². The van der Waals surface area contributed by atoms with Gasteiger partial charge < -0.3 is 14.6 Å². The van der Waals surface area contributed by atoms with Crippen LogP contribution in [0.15, 0.2) is 12.7 Å². The van der Waals surface area contributed by atoms with E-state index in [2.05, 4.69) is 6.58 Å². The first kappa shape index (κ1) is 18.1. The molecule has 0 unspecified atom stereocenters. The molecule has 0 fully saturated rings. The molecule has 6 heteroatoms. The fourth-order valence-corrected chi connectivity index (χ4v) is 1.45. The van der Waals surface area contributed by atoms with E-state index in [0.717, 1.165) is 18.9 Å². The number of esters is 2. The van der Waals surface area contributed by atoms with Crippen molar-refractivity contribution >= 4 is 17.9 Å². The molecule has 0 spiro atoms. The van der Waals surface area contributed by atoms with Crippen LogP contribution < -0.4 is 0 Å². The average Bonchev–Trinajstić information content (AvgIpc) is 2.41. The summed E-state index contributed by atoms with van der Waals surface area (Å²) in [5, 5.41) is 8.44. The monoisotopic (exact) mass is 286 g/mol. The number of ether oxygens (including phenoxy) is 2. The van der Waals surface area contributed by atoms with Crippen LogP contribution in [0.5, 0.6) is 0 Å². The number of carboxylic acids is 1. The standard InChI is InChI=1S/C14H22O6/c1-2-13(17)19-10-7-11-20-14(18)9-6-4-3-5-8-12(15)16/h2H,1,3-11H2,(H,15,16). The Hall–Kier alpha value is -1.85. The normalized spacial score (nSPS) is 9.80. The first-order chi connectivity index (χ1) is 9.56. The molecule has 0 saturated carbocycles. The van der Waals surface area contributed by atoms with Gasteiger partial charge >= 0.3 is 17.9 Å². The minimum atomic E-state index is -0.790. The number of hydrogen-bond acceptors (Lipinski definition) is 5. The van der Waals surface area contributed by atoms with Gasteiger partial charge in [-0.1, -0.05) is 19.4 Å². The summed E-state index contributed by atoms with van der Waals surface area (Å²) in [4.78, 5) is 32.3. The highest BCUT2D eigenvalue weighted by molar-refractivity contribution is 5.81. The van der Waals surface area contributed by atoms with Gasteiger partial charge in [0.25, 0.3) is 0 Å². The van der Waals surface area contributed by atoms with Crippen molar-refractivity contribution < 1.29 is 29.0 Å². The van der Waals surface area contributed by atoms with Gasteiger partial charge in [-0.15, -0.1) is 0 Å². The number of unbranched alkanes of at least 4 members (excludes halogenated alkanes) is 3. The zero-order chi connectivity index (χ0) is 15.2. The van der Waals surface area contributed by atoms with Crippen molar-refractivity contribution in [2.45, 2.75) is 44.9 Å². The zero-order valence-electron chi connectivity index (χ0n) is 11.6. The highest BCUT2D eigenvalue weighted by atomic mass is 16.5. The largest absolute Gasteiger partial charge is 0.481 e. The van der Waals surface area contributed by atoms with Crippen molar-refractivity contribution in [2.75, 3.05) is 13.2 Å². The van der Waals surface area contributed by atoms with Gasteiger partial charge in [0.1, 0.15) is 0 Å². The third-order valence-electron chi connectivity index (χ3n) is 2.48. The molecule has 1 N–H and O–H groups in total. The van der Waals surface area contributed by atoms with Crippen molar-refractivity contribution in [3.8, 4) is 0 Å². The van der Waals surface area contributed by atoms with Gasteiger partial charge in [-0.05, 0) is 12.8 Å². The van der Waals surface area contributed by atoms with E-state index >= 15 is 0 Å². The van der Waals surface area contributed by atoms with Crippen LogP contribution >= 0.6 is 0 Å². The fourth-order valence-electron chi connectivity index (χ4n) is 1.45. The van der Waals surface area contributed by atoms with Crippen molar-refractivity contribution in [3.63, 3.8) is 0 Å². The van der Waals surface area contributed by atoms with E-state index in [4.69, 9.17) is 14.6 Å². The Morgan fingerprint density at radius 3 is 2.10 bits per heavy atom. The van der Waals surface area contributed by atoms with Crippen molar-refractivity contribution in [3.05, 3.63) is 12.7 Å². The van der Waals surface area contributed by atoms with Crippen LogP contribution in [0.1, 0.15) is 44.9 Å². The van der Waals surface area contributed by atoms with Gasteiger partial charge in [0, 0.05) is 25.3 Å². The molecule has 20 heavy (non-hydrogen) atoms. The van der Waals surface area contributed by atoms with Crippen LogP contribution in [0, 0.1) is 0 Å². The Morgan fingerprint density at radius 1 is 0.900 bits per heavy atom. The van der Waals surface area contributed by atoms with Crippen LogP contribution in [-0.2, 0) is 23.9 Å². The molecule has 0 aliphatic carbocycles. The molecule has 0 amide bonds. The maximum atomic E-state index is 11.3. The molecule has 0 rings (SSSR count). The van der Waals surface area contributed by atoms with E-state index in [1.165, 1.54) is 0 Å². The summed E-state index contributed by atoms with van der Waals surface area (Å²) in [7, 11) is 0. The van der Waals surface area contributed by atoms with Crippen molar-refractivity contribution in [1.82, 2.24) is 0 Å². The van der Waals surface area contributed by atoms with Crippen molar-refractivity contribution in [2.24, 2.45) is 0 Å². The average molecular weight is 286 g/mol. The lowest BCUT2D eigenvalue weighted by Gasteiger charge is -2.05. The molecule has 0 aromatic carbocycles. The molecule has 6 nitrogen and oxygen atoms in total. The number of hydrogen-bond donors (Lipinski definition) is 1. The third kappa shape index (κ3) is 12.6. The highest BCUT2D eigenvalue weighted by Crippen LogP contribution is 2.06.